The molecule has 3 unspecified atom stereocenters. The van der Waals surface area contributed by atoms with Crippen molar-refractivity contribution < 1.29 is 19.4 Å². The number of ether oxygens (including phenoxy) is 1. The third-order valence-electron chi connectivity index (χ3n) is 9.97. The number of β-amino-alcohol motifs (C(OH)–C–C–N with tert-alkyl or cyclic N) is 1. The largest absolute Gasteiger partial charge is 0.495 e. The zero-order valence-electron chi connectivity index (χ0n) is 26.7. The summed E-state index contributed by atoms with van der Waals surface area (Å²) in [6, 6.07) is 7.09. The summed E-state index contributed by atoms with van der Waals surface area (Å²) in [6.45, 7) is 9.79. The Balaban J connectivity index is 1.13. The first-order valence-electron chi connectivity index (χ1n) is 16.5. The van der Waals surface area contributed by atoms with E-state index in [1.807, 2.05) is 45.2 Å². The lowest BCUT2D eigenvalue weighted by Crippen LogP contribution is -2.60. The highest BCUT2D eigenvalue weighted by atomic mass is 16.5. The van der Waals surface area contributed by atoms with Crippen LogP contribution in [0, 0.1) is 5.41 Å². The molecule has 2 aliphatic heterocycles. The van der Waals surface area contributed by atoms with Gasteiger partial charge < -0.3 is 25.0 Å². The van der Waals surface area contributed by atoms with Crippen molar-refractivity contribution in [2.24, 2.45) is 5.41 Å². The molecule has 1 aromatic carbocycles. The summed E-state index contributed by atoms with van der Waals surface area (Å²) in [7, 11) is 1.71. The molecule has 240 valence electrons. The quantitative estimate of drug-likeness (QED) is 0.471. The smallest absolute Gasteiger partial charge is 0.248 e. The van der Waals surface area contributed by atoms with Gasteiger partial charge in [-0.1, -0.05) is 51.0 Å². The van der Waals surface area contributed by atoms with Crippen LogP contribution in [0.1, 0.15) is 83.4 Å². The lowest BCUT2D eigenvalue weighted by Gasteiger charge is -2.45. The van der Waals surface area contributed by atoms with Gasteiger partial charge in [-0.25, -0.2) is 4.68 Å². The fourth-order valence-electron chi connectivity index (χ4n) is 7.51. The molecule has 44 heavy (non-hydrogen) atoms. The van der Waals surface area contributed by atoms with Gasteiger partial charge in [0.25, 0.3) is 0 Å². The molecule has 2 saturated carbocycles. The number of aromatic nitrogens is 3. The van der Waals surface area contributed by atoms with Crippen molar-refractivity contribution in [3.8, 4) is 5.75 Å². The number of likely N-dealkylation sites (tertiary alicyclic amines) is 1. The number of piperazine rings is 1. The van der Waals surface area contributed by atoms with Gasteiger partial charge in [-0.3, -0.25) is 14.5 Å². The third-order valence-corrected chi connectivity index (χ3v) is 9.97. The Labute approximate surface area is 260 Å². The topological polar surface area (TPSA) is 116 Å². The number of hydrogen-bond acceptors (Lipinski definition) is 8. The first kappa shape index (κ1) is 30.8. The third kappa shape index (κ3) is 6.44. The maximum absolute atomic E-state index is 14.2. The maximum Gasteiger partial charge on any atom is 0.248 e. The van der Waals surface area contributed by atoms with Crippen molar-refractivity contribution in [3.63, 3.8) is 0 Å². The summed E-state index contributed by atoms with van der Waals surface area (Å²) >= 11 is 0. The molecular weight excluding hydrogens is 558 g/mol. The molecule has 2 N–H and O–H groups in total. The number of rotatable bonds is 8. The number of hydrogen-bond donors (Lipinski definition) is 2. The molecule has 3 heterocycles. The number of methoxy groups -OCH3 is 1. The molecule has 11 nitrogen and oxygen atoms in total. The highest BCUT2D eigenvalue weighted by molar-refractivity contribution is 5.90. The number of aliphatic hydroxyl groups is 1. The lowest BCUT2D eigenvalue weighted by molar-refractivity contribution is -0.144. The van der Waals surface area contributed by atoms with E-state index < -0.39 is 23.6 Å². The fourth-order valence-corrected chi connectivity index (χ4v) is 7.51. The van der Waals surface area contributed by atoms with Crippen molar-refractivity contribution >= 4 is 17.5 Å². The molecule has 6 rings (SSSR count). The molecule has 2 aromatic rings. The Kier molecular flexibility index (Phi) is 8.88. The Morgan fingerprint density at radius 2 is 1.77 bits per heavy atom. The number of nitrogens with one attached hydrogen (secondary N) is 1. The van der Waals surface area contributed by atoms with Crippen molar-refractivity contribution in [1.82, 2.24) is 30.1 Å². The maximum atomic E-state index is 14.2. The summed E-state index contributed by atoms with van der Waals surface area (Å²) in [5, 5.41) is 22.8. The summed E-state index contributed by atoms with van der Waals surface area (Å²) in [5.41, 5.74) is 1.59. The number of anilines is 1. The van der Waals surface area contributed by atoms with Crippen LogP contribution in [0.25, 0.3) is 0 Å². The Bertz CT molecular complexity index is 1310. The van der Waals surface area contributed by atoms with E-state index in [9.17, 15) is 14.7 Å². The molecule has 4 fully saturated rings. The standard InChI is InChI=1S/C33H49N7O4/c1-33(2,3)30(40-21-25(35-36-40)22-13-14-22)32(43)39-20-23(41)19-28(39)31(42)34-24-9-5-6-10-26(24)37-15-17-38(18-16-37)27-11-7-8-12-29(27)44-4/h7-8,11-12,21-24,26,28,30,41H,5-6,9-10,13-20H2,1-4H3,(H,34,42)/t23?,24?,26?,28-,30+/m0/s1. The van der Waals surface area contributed by atoms with E-state index in [1.54, 1.807) is 16.7 Å². The molecule has 2 aliphatic carbocycles. The molecule has 0 bridgehead atoms. The van der Waals surface area contributed by atoms with Gasteiger partial charge >= 0.3 is 0 Å². The number of carbonyl (C=O) groups excluding carboxylic acids is 2. The molecule has 1 aromatic heterocycles. The summed E-state index contributed by atoms with van der Waals surface area (Å²) in [4.78, 5) is 34.6. The van der Waals surface area contributed by atoms with Crippen molar-refractivity contribution in [3.05, 3.63) is 36.2 Å². The Hall–Kier alpha value is -3.18. The van der Waals surface area contributed by atoms with Gasteiger partial charge in [0.15, 0.2) is 0 Å². The first-order chi connectivity index (χ1) is 21.1. The summed E-state index contributed by atoms with van der Waals surface area (Å²) < 4.78 is 7.28. The van der Waals surface area contributed by atoms with Crippen LogP contribution in [0.4, 0.5) is 5.69 Å². The van der Waals surface area contributed by atoms with Crippen LogP contribution in [0.3, 0.4) is 0 Å². The van der Waals surface area contributed by atoms with Gasteiger partial charge in [-0.15, -0.1) is 5.10 Å². The molecule has 11 heteroatoms. The van der Waals surface area contributed by atoms with Crippen LogP contribution in [-0.4, -0.2) is 106 Å². The second-order valence-electron chi connectivity index (χ2n) is 14.2. The molecular formula is C33H49N7O4. The number of carbonyl (C=O) groups is 2. The predicted molar refractivity (Wildman–Crippen MR) is 168 cm³/mol. The highest BCUT2D eigenvalue weighted by Gasteiger charge is 2.46. The van der Waals surface area contributed by atoms with Crippen LogP contribution < -0.4 is 15.0 Å². The zero-order chi connectivity index (χ0) is 31.0. The normalized spacial score (nSPS) is 27.3. The SMILES string of the molecule is COc1ccccc1N1CCN(C2CCCCC2NC(=O)[C@@H]2CC(O)CN2C(=O)[C@@H](n2cc(C3CC3)nn2)C(C)(C)C)CC1. The summed E-state index contributed by atoms with van der Waals surface area (Å²) in [6.07, 6.45) is 7.78. The van der Waals surface area contributed by atoms with Gasteiger partial charge in [0.1, 0.15) is 17.8 Å². The van der Waals surface area contributed by atoms with Crippen molar-refractivity contribution in [2.75, 3.05) is 44.7 Å². The average molecular weight is 608 g/mol. The Morgan fingerprint density at radius 1 is 1.05 bits per heavy atom. The van der Waals surface area contributed by atoms with Gasteiger partial charge in [0, 0.05) is 63.3 Å². The number of nitrogens with zero attached hydrogens (tertiary/aromatic N) is 6. The number of benzene rings is 1. The van der Waals surface area contributed by atoms with E-state index in [4.69, 9.17) is 4.74 Å². The second kappa shape index (κ2) is 12.7. The number of aliphatic hydroxyl groups excluding tert-OH is 1. The lowest BCUT2D eigenvalue weighted by atomic mass is 9.85. The van der Waals surface area contributed by atoms with Crippen LogP contribution >= 0.6 is 0 Å². The monoisotopic (exact) mass is 607 g/mol. The van der Waals surface area contributed by atoms with Gasteiger partial charge in [0.2, 0.25) is 11.8 Å². The fraction of sp³-hybridized carbons (Fsp3) is 0.697. The zero-order valence-corrected chi connectivity index (χ0v) is 26.7. The average Bonchev–Trinajstić information content (AvgIpc) is 3.62. The van der Waals surface area contributed by atoms with Crippen LogP contribution in [0.15, 0.2) is 30.5 Å². The van der Waals surface area contributed by atoms with Crippen LogP contribution in [0.5, 0.6) is 5.75 Å². The number of para-hydroxylation sites is 2. The first-order valence-corrected chi connectivity index (χ1v) is 16.5. The molecule has 0 radical (unpaired) electrons. The second-order valence-corrected chi connectivity index (χ2v) is 14.2. The molecule has 0 spiro atoms. The van der Waals surface area contributed by atoms with E-state index in [0.717, 1.165) is 81.8 Å². The number of amides is 2. The van der Waals surface area contributed by atoms with E-state index >= 15 is 0 Å². The van der Waals surface area contributed by atoms with Gasteiger partial charge in [-0.05, 0) is 43.2 Å². The van der Waals surface area contributed by atoms with Crippen molar-refractivity contribution in [2.45, 2.75) is 102 Å². The predicted octanol–water partition coefficient (Wildman–Crippen LogP) is 2.96. The minimum Gasteiger partial charge on any atom is -0.495 e. The van der Waals surface area contributed by atoms with E-state index in [-0.39, 0.29) is 36.9 Å². The molecule has 2 amide bonds. The molecule has 4 aliphatic rings. The molecule has 5 atom stereocenters. The van der Waals surface area contributed by atoms with Crippen LogP contribution in [-0.2, 0) is 9.59 Å². The summed E-state index contributed by atoms with van der Waals surface area (Å²) in [5.74, 6) is 0.972. The molecule has 2 saturated heterocycles. The van der Waals surface area contributed by atoms with Gasteiger partial charge in [0.05, 0.1) is 24.6 Å². The van der Waals surface area contributed by atoms with Gasteiger partial charge in [-0.2, -0.15) is 0 Å². The van der Waals surface area contributed by atoms with E-state index in [1.165, 1.54) is 0 Å². The van der Waals surface area contributed by atoms with E-state index in [0.29, 0.717) is 5.92 Å². The highest BCUT2D eigenvalue weighted by Crippen LogP contribution is 2.40. The van der Waals surface area contributed by atoms with E-state index in [2.05, 4.69) is 31.5 Å². The van der Waals surface area contributed by atoms with Crippen molar-refractivity contribution in [1.29, 1.82) is 0 Å². The minimum absolute atomic E-state index is 0.0126. The van der Waals surface area contributed by atoms with Crippen LogP contribution in [0.2, 0.25) is 0 Å². The minimum atomic E-state index is -0.738. The Morgan fingerprint density at radius 3 is 2.48 bits per heavy atom.